The number of nitrogens with one attached hydrogen (secondary N) is 2. The van der Waals surface area contributed by atoms with E-state index in [1.54, 1.807) is 12.3 Å². The van der Waals surface area contributed by atoms with Crippen LogP contribution in [0.25, 0.3) is 17.2 Å². The molecular formula is C16H18N8O4P+. The largest absolute Gasteiger partial charge is 0.390 e. The number of amides is 1. The Labute approximate surface area is 166 Å². The van der Waals surface area contributed by atoms with Gasteiger partial charge in [-0.1, -0.05) is 4.57 Å². The smallest absolute Gasteiger partial charge is 0.388 e. The molecule has 0 saturated carbocycles. The second-order valence-corrected chi connectivity index (χ2v) is 6.93. The Morgan fingerprint density at radius 1 is 1.59 bits per heavy atom. The number of imidazole rings is 2. The van der Waals surface area contributed by atoms with Crippen LogP contribution in [0.4, 0.5) is 11.8 Å². The average molecular weight is 419 g/mol. The number of aliphatic hydroxyl groups is 1. The SMILES string of the molecule is [3H][P+](=O)CC1OC(n2c(NC(=O)/C=C/c3cnc[nH]3)nc3c(N)ncnc32)CC1O. The predicted molar refractivity (Wildman–Crippen MR) is 104 cm³/mol. The molecule has 1 saturated heterocycles. The van der Waals surface area contributed by atoms with Gasteiger partial charge in [-0.05, 0) is 6.08 Å². The molecule has 4 rings (SSSR count). The molecule has 1 aliphatic rings. The van der Waals surface area contributed by atoms with Crippen LogP contribution in [0.1, 0.15) is 18.3 Å². The van der Waals surface area contributed by atoms with Gasteiger partial charge in [0.05, 0.1) is 24.3 Å². The molecule has 4 unspecified atom stereocenters. The highest BCUT2D eigenvalue weighted by Gasteiger charge is 2.39. The van der Waals surface area contributed by atoms with Gasteiger partial charge in [-0.2, -0.15) is 0 Å². The first kappa shape index (κ1) is 17.9. The molecule has 3 aromatic rings. The third-order valence-electron chi connectivity index (χ3n) is 4.42. The van der Waals surface area contributed by atoms with E-state index in [1.165, 1.54) is 23.3 Å². The molecule has 4 atom stereocenters. The Balaban J connectivity index is 1.65. The van der Waals surface area contributed by atoms with Crippen LogP contribution in [0.3, 0.4) is 0 Å². The first-order valence-corrected chi connectivity index (χ1v) is 9.65. The van der Waals surface area contributed by atoms with E-state index in [2.05, 4.69) is 30.2 Å². The van der Waals surface area contributed by atoms with Gasteiger partial charge in [0.25, 0.3) is 5.91 Å². The van der Waals surface area contributed by atoms with Crippen molar-refractivity contribution < 1.29 is 19.2 Å². The molecule has 1 aliphatic heterocycles. The van der Waals surface area contributed by atoms with Gasteiger partial charge in [0.15, 0.2) is 23.1 Å². The number of ether oxygens (including phenoxy) is 1. The summed E-state index contributed by atoms with van der Waals surface area (Å²) in [6.07, 6.45) is 4.69. The van der Waals surface area contributed by atoms with Crippen LogP contribution in [-0.2, 0) is 14.1 Å². The Morgan fingerprint density at radius 2 is 2.45 bits per heavy atom. The highest BCUT2D eigenvalue weighted by Crippen LogP contribution is 2.35. The summed E-state index contributed by atoms with van der Waals surface area (Å²) >= 11 is 0. The highest BCUT2D eigenvalue weighted by atomic mass is 31.1. The van der Waals surface area contributed by atoms with Crippen LogP contribution in [0.5, 0.6) is 0 Å². The van der Waals surface area contributed by atoms with Gasteiger partial charge in [0.2, 0.25) is 5.95 Å². The standard InChI is InChI=1S/C16H17N8O4P/c17-14-13-15(21-7-20-14)24(12-3-9(25)10(28-12)5-29-27)16(23-13)22-11(26)2-1-8-4-18-6-19-8/h1-2,4,6-7,9-10,12,25H,3,5H2,(H,18,19)(H2,17,20,21)(H,22,23,26)/p+1/b2-1+/i/hT. The molecule has 0 spiro atoms. The molecule has 12 nitrogen and oxygen atoms in total. The molecule has 0 bridgehead atoms. The van der Waals surface area contributed by atoms with Crippen molar-refractivity contribution in [3.8, 4) is 0 Å². The summed E-state index contributed by atoms with van der Waals surface area (Å²) < 4.78 is 25.8. The number of aromatic amines is 1. The molecule has 0 aliphatic carbocycles. The lowest BCUT2D eigenvalue weighted by Crippen LogP contribution is -2.22. The molecule has 1 fully saturated rings. The van der Waals surface area contributed by atoms with Crippen LogP contribution in [0.2, 0.25) is 0 Å². The molecule has 150 valence electrons. The molecule has 1 amide bonds. The number of carbonyl (C=O) groups is 1. The third-order valence-corrected chi connectivity index (χ3v) is 4.93. The zero-order valence-electron chi connectivity index (χ0n) is 16.0. The number of H-pyrrole nitrogens is 1. The van der Waals surface area contributed by atoms with E-state index in [-0.39, 0.29) is 29.9 Å². The lowest BCUT2D eigenvalue weighted by molar-refractivity contribution is -0.111. The van der Waals surface area contributed by atoms with Crippen LogP contribution < -0.4 is 11.1 Å². The first-order chi connectivity index (χ1) is 14.4. The van der Waals surface area contributed by atoms with Gasteiger partial charge in [-0.15, -0.1) is 0 Å². The van der Waals surface area contributed by atoms with E-state index in [0.717, 1.165) is 0 Å². The fourth-order valence-electron chi connectivity index (χ4n) is 3.07. The fourth-order valence-corrected chi connectivity index (χ4v) is 3.55. The van der Waals surface area contributed by atoms with Crippen molar-refractivity contribution in [2.45, 2.75) is 24.9 Å². The lowest BCUT2D eigenvalue weighted by Gasteiger charge is -2.15. The molecule has 29 heavy (non-hydrogen) atoms. The number of rotatable bonds is 6. The van der Waals surface area contributed by atoms with Crippen molar-refractivity contribution in [1.29, 1.82) is 1.28 Å². The number of aliphatic hydroxyl groups excluding tert-OH is 1. The van der Waals surface area contributed by atoms with Crippen LogP contribution in [-0.4, -0.2) is 60.1 Å². The minimum absolute atomic E-state index is 0.101. The molecule has 3 aromatic heterocycles. The van der Waals surface area contributed by atoms with E-state index in [9.17, 15) is 14.5 Å². The molecule has 0 aromatic carbocycles. The maximum Gasteiger partial charge on any atom is 0.388 e. The maximum absolute atomic E-state index is 12.4. The number of hydrogen-bond acceptors (Lipinski definition) is 9. The topological polar surface area (TPSA) is 174 Å². The minimum atomic E-state index is -2.24. The van der Waals surface area contributed by atoms with Crippen molar-refractivity contribution in [3.05, 3.63) is 30.6 Å². The summed E-state index contributed by atoms with van der Waals surface area (Å²) in [5.74, 6) is -0.256. The van der Waals surface area contributed by atoms with Gasteiger partial charge < -0.3 is 20.6 Å². The lowest BCUT2D eigenvalue weighted by atomic mass is 10.2. The maximum atomic E-state index is 12.4. The van der Waals surface area contributed by atoms with E-state index in [0.29, 0.717) is 11.3 Å². The zero-order valence-corrected chi connectivity index (χ0v) is 15.9. The van der Waals surface area contributed by atoms with Gasteiger partial charge >= 0.3 is 9.68 Å². The monoisotopic (exact) mass is 419 g/mol. The number of aromatic nitrogens is 6. The van der Waals surface area contributed by atoms with E-state index >= 15 is 0 Å². The molecule has 0 radical (unpaired) electrons. The van der Waals surface area contributed by atoms with Crippen molar-refractivity contribution in [2.75, 3.05) is 17.2 Å². The predicted octanol–water partition coefficient (Wildman–Crippen LogP) is 0.456. The zero-order chi connectivity index (χ0) is 21.3. The highest BCUT2D eigenvalue weighted by molar-refractivity contribution is 7.23. The van der Waals surface area contributed by atoms with Crippen LogP contribution in [0.15, 0.2) is 24.9 Å². The van der Waals surface area contributed by atoms with E-state index in [1.807, 2.05) is 0 Å². The van der Waals surface area contributed by atoms with Gasteiger partial charge in [0, 0.05) is 12.5 Å². The second-order valence-electron chi connectivity index (χ2n) is 6.31. The van der Waals surface area contributed by atoms with E-state index in [4.69, 9.17) is 11.7 Å². The first-order valence-electron chi connectivity index (χ1n) is 9.10. The van der Waals surface area contributed by atoms with Crippen molar-refractivity contribution in [3.63, 3.8) is 0 Å². The van der Waals surface area contributed by atoms with Crippen molar-refractivity contribution in [1.82, 2.24) is 29.5 Å². The summed E-state index contributed by atoms with van der Waals surface area (Å²) in [7, 11) is -2.24. The molecule has 4 heterocycles. The summed E-state index contributed by atoms with van der Waals surface area (Å²) in [5.41, 5.74) is 7.11. The Bertz CT molecular complexity index is 1120. The van der Waals surface area contributed by atoms with Crippen molar-refractivity contribution in [2.24, 2.45) is 0 Å². The Hall–Kier alpha value is -3.21. The van der Waals surface area contributed by atoms with Gasteiger partial charge in [-0.3, -0.25) is 14.7 Å². The van der Waals surface area contributed by atoms with Gasteiger partial charge in [-0.25, -0.2) is 19.9 Å². The summed E-state index contributed by atoms with van der Waals surface area (Å²) in [5, 5.41) is 12.9. The quantitative estimate of drug-likeness (QED) is 0.327. The number of nitrogen functional groups attached to an aromatic ring is 1. The third kappa shape index (κ3) is 3.86. The summed E-state index contributed by atoms with van der Waals surface area (Å²) in [6.45, 7) is 0. The average Bonchev–Trinajstić information content (AvgIpc) is 3.40. The molecule has 5 N–H and O–H groups in total. The number of fused-ring (bicyclic) bond motifs is 1. The molecule has 13 heteroatoms. The Morgan fingerprint density at radius 3 is 3.21 bits per heavy atom. The van der Waals surface area contributed by atoms with Crippen molar-refractivity contribution >= 4 is 43.3 Å². The minimum Gasteiger partial charge on any atom is -0.390 e. The Kier molecular flexibility index (Phi) is 4.95. The fraction of sp³-hybridized carbons (Fsp3) is 0.312. The molecular weight excluding hydrogens is 399 g/mol. The normalized spacial score (nSPS) is 22.9. The second kappa shape index (κ2) is 8.03. The number of anilines is 2. The van der Waals surface area contributed by atoms with Crippen LogP contribution >= 0.6 is 8.41 Å². The number of nitrogens with two attached hydrogens (primary N) is 1. The summed E-state index contributed by atoms with van der Waals surface area (Å²) in [6, 6.07) is 0. The number of carbonyl (C=O) groups excluding carboxylic acids is 1. The van der Waals surface area contributed by atoms with E-state index < -0.39 is 32.7 Å². The number of hydrogen-bond donors (Lipinski definition) is 4. The summed E-state index contributed by atoms with van der Waals surface area (Å²) in [4.78, 5) is 31.5. The van der Waals surface area contributed by atoms with Gasteiger partial charge in [0.1, 0.15) is 18.7 Å². The van der Waals surface area contributed by atoms with Crippen LogP contribution in [0, 0.1) is 0 Å². The number of nitrogens with zero attached hydrogens (tertiary/aromatic N) is 5.